The van der Waals surface area contributed by atoms with E-state index in [2.05, 4.69) is 25.1 Å². The van der Waals surface area contributed by atoms with Gasteiger partial charge in [0.15, 0.2) is 11.5 Å². The number of ether oxygens (including phenoxy) is 2. The topological polar surface area (TPSA) is 38.8 Å². The van der Waals surface area contributed by atoms with E-state index in [1.54, 1.807) is 12.1 Å². The van der Waals surface area contributed by atoms with E-state index >= 15 is 0 Å². The number of benzene rings is 2. The second kappa shape index (κ2) is 5.05. The first-order valence-electron chi connectivity index (χ1n) is 7.50. The third-order valence-corrected chi connectivity index (χ3v) is 4.39. The van der Waals surface area contributed by atoms with Gasteiger partial charge in [-0.25, -0.2) is 0 Å². The molecule has 22 heavy (non-hydrogen) atoms. The van der Waals surface area contributed by atoms with E-state index in [1.165, 1.54) is 11.1 Å². The first-order valence-corrected chi connectivity index (χ1v) is 7.50. The zero-order chi connectivity index (χ0) is 15.1. The molecule has 2 heterocycles. The van der Waals surface area contributed by atoms with Crippen molar-refractivity contribution in [3.63, 3.8) is 0 Å². The fourth-order valence-corrected chi connectivity index (χ4v) is 3.15. The summed E-state index contributed by atoms with van der Waals surface area (Å²) in [6.45, 7) is 2.98. The van der Waals surface area contributed by atoms with E-state index in [0.717, 1.165) is 6.42 Å². The molecule has 1 amide bonds. The van der Waals surface area contributed by atoms with Crippen LogP contribution >= 0.6 is 0 Å². The first kappa shape index (κ1) is 13.2. The first-order chi connectivity index (χ1) is 10.7. The third kappa shape index (κ3) is 2.11. The Hall–Kier alpha value is -2.49. The average molecular weight is 295 g/mol. The number of amides is 1. The Balaban J connectivity index is 1.63. The fourth-order valence-electron chi connectivity index (χ4n) is 3.15. The molecule has 0 saturated carbocycles. The van der Waals surface area contributed by atoms with Crippen LogP contribution in [0.2, 0.25) is 0 Å². The van der Waals surface area contributed by atoms with Crippen molar-refractivity contribution in [2.75, 3.05) is 6.79 Å². The van der Waals surface area contributed by atoms with Crippen LogP contribution in [-0.2, 0) is 13.0 Å². The van der Waals surface area contributed by atoms with Crippen LogP contribution in [0.5, 0.6) is 11.5 Å². The normalized spacial score (nSPS) is 19.0. The Bertz CT molecular complexity index is 741. The number of hydrogen-bond donors (Lipinski definition) is 0. The molecule has 4 heteroatoms. The Morgan fingerprint density at radius 1 is 1.09 bits per heavy atom. The molecule has 0 fully saturated rings. The van der Waals surface area contributed by atoms with E-state index in [-0.39, 0.29) is 18.7 Å². The van der Waals surface area contributed by atoms with Gasteiger partial charge in [0.05, 0.1) is 0 Å². The van der Waals surface area contributed by atoms with Crippen molar-refractivity contribution in [1.82, 2.24) is 4.90 Å². The summed E-state index contributed by atoms with van der Waals surface area (Å²) >= 11 is 0. The summed E-state index contributed by atoms with van der Waals surface area (Å²) in [5.41, 5.74) is 3.22. The van der Waals surface area contributed by atoms with Gasteiger partial charge >= 0.3 is 0 Å². The van der Waals surface area contributed by atoms with Crippen molar-refractivity contribution in [3.8, 4) is 11.5 Å². The molecule has 2 aliphatic heterocycles. The second-order valence-corrected chi connectivity index (χ2v) is 5.82. The molecule has 4 nitrogen and oxygen atoms in total. The highest BCUT2D eigenvalue weighted by molar-refractivity contribution is 5.95. The summed E-state index contributed by atoms with van der Waals surface area (Å²) in [5, 5.41) is 0. The Labute approximate surface area is 129 Å². The molecule has 0 aromatic heterocycles. The van der Waals surface area contributed by atoms with Gasteiger partial charge in [-0.2, -0.15) is 0 Å². The van der Waals surface area contributed by atoms with Gasteiger partial charge < -0.3 is 14.4 Å². The molecule has 1 atom stereocenters. The molecule has 0 saturated heterocycles. The van der Waals surface area contributed by atoms with Crippen molar-refractivity contribution in [2.45, 2.75) is 25.9 Å². The maximum Gasteiger partial charge on any atom is 0.254 e. The molecule has 4 rings (SSSR count). The zero-order valence-corrected chi connectivity index (χ0v) is 12.4. The monoisotopic (exact) mass is 295 g/mol. The molecule has 2 aliphatic rings. The minimum absolute atomic E-state index is 0.0419. The van der Waals surface area contributed by atoms with Crippen molar-refractivity contribution < 1.29 is 14.3 Å². The summed E-state index contributed by atoms with van der Waals surface area (Å²) < 4.78 is 10.7. The van der Waals surface area contributed by atoms with E-state index in [1.807, 2.05) is 17.0 Å². The number of nitrogens with zero attached hydrogens (tertiary/aromatic N) is 1. The summed E-state index contributed by atoms with van der Waals surface area (Å²) in [7, 11) is 0. The predicted molar refractivity (Wildman–Crippen MR) is 82.0 cm³/mol. The highest BCUT2D eigenvalue weighted by Gasteiger charge is 2.28. The second-order valence-electron chi connectivity index (χ2n) is 5.82. The van der Waals surface area contributed by atoms with E-state index in [0.29, 0.717) is 23.6 Å². The summed E-state index contributed by atoms with van der Waals surface area (Å²) in [6, 6.07) is 13.9. The maximum absolute atomic E-state index is 12.8. The molecule has 112 valence electrons. The van der Waals surface area contributed by atoms with Gasteiger partial charge in [0.2, 0.25) is 6.79 Å². The predicted octanol–water partition coefficient (Wildman–Crippen LogP) is 3.00. The number of rotatable bonds is 1. The van der Waals surface area contributed by atoms with Crippen LogP contribution in [0, 0.1) is 0 Å². The lowest BCUT2D eigenvalue weighted by molar-refractivity contribution is 0.0658. The smallest absolute Gasteiger partial charge is 0.254 e. The van der Waals surface area contributed by atoms with Gasteiger partial charge in [-0.3, -0.25) is 4.79 Å². The Morgan fingerprint density at radius 3 is 2.73 bits per heavy atom. The van der Waals surface area contributed by atoms with Gasteiger partial charge in [0, 0.05) is 18.2 Å². The highest BCUT2D eigenvalue weighted by Crippen LogP contribution is 2.33. The van der Waals surface area contributed by atoms with Crippen LogP contribution in [-0.4, -0.2) is 23.6 Å². The lowest BCUT2D eigenvalue weighted by Gasteiger charge is -2.35. The van der Waals surface area contributed by atoms with Crippen LogP contribution in [0.25, 0.3) is 0 Å². The molecule has 0 bridgehead atoms. The average Bonchev–Trinajstić information content (AvgIpc) is 3.01. The standard InChI is InChI=1S/C18H17NO3/c1-12-8-13-4-2-3-5-15(13)10-19(12)18(20)14-6-7-16-17(9-14)22-11-21-16/h2-7,9,12H,8,10-11H2,1H3/t12-/m1/s1. The molecule has 0 radical (unpaired) electrons. The molecule has 2 aromatic rings. The van der Waals surface area contributed by atoms with Crippen molar-refractivity contribution in [2.24, 2.45) is 0 Å². The van der Waals surface area contributed by atoms with Gasteiger partial charge in [0.1, 0.15) is 0 Å². The van der Waals surface area contributed by atoms with Gasteiger partial charge in [0.25, 0.3) is 5.91 Å². The fraction of sp³-hybridized carbons (Fsp3) is 0.278. The zero-order valence-electron chi connectivity index (χ0n) is 12.4. The van der Waals surface area contributed by atoms with Crippen LogP contribution in [0.15, 0.2) is 42.5 Å². The molecule has 2 aromatic carbocycles. The summed E-state index contributed by atoms with van der Waals surface area (Å²) in [5.74, 6) is 1.39. The summed E-state index contributed by atoms with van der Waals surface area (Å²) in [6.07, 6.45) is 0.895. The van der Waals surface area contributed by atoms with Crippen LogP contribution in [0.3, 0.4) is 0 Å². The third-order valence-electron chi connectivity index (χ3n) is 4.39. The van der Waals surface area contributed by atoms with Gasteiger partial charge in [-0.05, 0) is 42.7 Å². The maximum atomic E-state index is 12.8. The SMILES string of the molecule is C[C@@H]1Cc2ccccc2CN1C(=O)c1ccc2c(c1)OCO2. The van der Waals surface area contributed by atoms with Gasteiger partial charge in [-0.15, -0.1) is 0 Å². The Morgan fingerprint density at radius 2 is 1.86 bits per heavy atom. The van der Waals surface area contributed by atoms with E-state index in [9.17, 15) is 4.79 Å². The molecular weight excluding hydrogens is 278 g/mol. The van der Waals surface area contributed by atoms with E-state index < -0.39 is 0 Å². The lowest BCUT2D eigenvalue weighted by Crippen LogP contribution is -2.42. The quantitative estimate of drug-likeness (QED) is 0.812. The lowest BCUT2D eigenvalue weighted by atomic mass is 9.94. The minimum atomic E-state index is 0.0419. The van der Waals surface area contributed by atoms with E-state index in [4.69, 9.17) is 9.47 Å². The number of carbonyl (C=O) groups excluding carboxylic acids is 1. The van der Waals surface area contributed by atoms with Crippen molar-refractivity contribution >= 4 is 5.91 Å². The highest BCUT2D eigenvalue weighted by atomic mass is 16.7. The largest absolute Gasteiger partial charge is 0.454 e. The van der Waals surface area contributed by atoms with Crippen LogP contribution < -0.4 is 9.47 Å². The number of hydrogen-bond acceptors (Lipinski definition) is 3. The molecule has 0 unspecified atom stereocenters. The van der Waals surface area contributed by atoms with Crippen LogP contribution in [0.1, 0.15) is 28.4 Å². The number of fused-ring (bicyclic) bond motifs is 2. The number of carbonyl (C=O) groups is 1. The van der Waals surface area contributed by atoms with Crippen molar-refractivity contribution in [1.29, 1.82) is 0 Å². The van der Waals surface area contributed by atoms with Crippen LogP contribution in [0.4, 0.5) is 0 Å². The molecule has 0 N–H and O–H groups in total. The Kier molecular flexibility index (Phi) is 3.03. The van der Waals surface area contributed by atoms with Crippen molar-refractivity contribution in [3.05, 3.63) is 59.2 Å². The molecule has 0 aliphatic carbocycles. The summed E-state index contributed by atoms with van der Waals surface area (Å²) in [4.78, 5) is 14.8. The molecule has 0 spiro atoms. The minimum Gasteiger partial charge on any atom is -0.454 e. The molecular formula is C18H17NO3. The van der Waals surface area contributed by atoms with Gasteiger partial charge in [-0.1, -0.05) is 24.3 Å².